The maximum absolute atomic E-state index is 12.3. The third-order valence-corrected chi connectivity index (χ3v) is 6.46. The Morgan fingerprint density at radius 1 is 1.07 bits per heavy atom. The summed E-state index contributed by atoms with van der Waals surface area (Å²) in [6.45, 7) is 0. The highest BCUT2D eigenvalue weighted by atomic mass is 16.6. The van der Waals surface area contributed by atoms with Crippen molar-refractivity contribution in [1.29, 1.82) is 0 Å². The van der Waals surface area contributed by atoms with Gasteiger partial charge >= 0.3 is 5.97 Å². The van der Waals surface area contributed by atoms with E-state index in [2.05, 4.69) is 33.2 Å². The van der Waals surface area contributed by atoms with Crippen molar-refractivity contribution in [3.8, 4) is 11.3 Å². The predicted octanol–water partition coefficient (Wildman–Crippen LogP) is 4.74. The van der Waals surface area contributed by atoms with Crippen LogP contribution in [0.25, 0.3) is 22.3 Å². The van der Waals surface area contributed by atoms with Crippen LogP contribution in [0.15, 0.2) is 61.1 Å². The smallest absolute Gasteiger partial charge is 0.339 e. The highest BCUT2D eigenvalue weighted by Gasteiger charge is 2.48. The summed E-state index contributed by atoms with van der Waals surface area (Å²) in [5, 5.41) is 0. The molecule has 0 saturated heterocycles. The molecule has 1 fully saturated rings. The van der Waals surface area contributed by atoms with Gasteiger partial charge < -0.3 is 9.72 Å². The number of ether oxygens (including phenoxy) is 1. The van der Waals surface area contributed by atoms with Crippen LogP contribution < -0.4 is 0 Å². The van der Waals surface area contributed by atoms with Gasteiger partial charge in [-0.3, -0.25) is 9.97 Å². The van der Waals surface area contributed by atoms with Crippen molar-refractivity contribution in [3.63, 3.8) is 0 Å². The molecule has 4 heterocycles. The van der Waals surface area contributed by atoms with Gasteiger partial charge in [-0.2, -0.15) is 0 Å². The highest BCUT2D eigenvalue weighted by molar-refractivity contribution is 5.94. The van der Waals surface area contributed by atoms with Crippen molar-refractivity contribution < 1.29 is 9.53 Å². The van der Waals surface area contributed by atoms with E-state index in [1.165, 1.54) is 0 Å². The Morgan fingerprint density at radius 2 is 1.90 bits per heavy atom. The van der Waals surface area contributed by atoms with E-state index in [9.17, 15) is 4.79 Å². The number of esters is 1. The van der Waals surface area contributed by atoms with Gasteiger partial charge in [0.05, 0.1) is 23.0 Å². The fraction of sp³-hybridized carbons (Fsp3) is 0.250. The SMILES string of the molecule is O=C1O[C@]2(CC[C@H](c3nc4cnc(-c5ccccc5)cc4[nH]3)CC2)c2cnccc21. The fourth-order valence-corrected chi connectivity index (χ4v) is 4.85. The average Bonchev–Trinajstić information content (AvgIpc) is 3.34. The molecule has 1 aliphatic carbocycles. The normalized spacial score (nSPS) is 22.9. The molecular formula is C24H20N4O2. The number of H-pyrrole nitrogens is 1. The lowest BCUT2D eigenvalue weighted by molar-refractivity contribution is -0.0313. The molecule has 0 bridgehead atoms. The van der Waals surface area contributed by atoms with E-state index in [0.717, 1.165) is 59.4 Å². The first-order valence-electron chi connectivity index (χ1n) is 10.3. The minimum absolute atomic E-state index is 0.228. The first-order valence-corrected chi connectivity index (χ1v) is 10.3. The van der Waals surface area contributed by atoms with Crippen molar-refractivity contribution in [2.75, 3.05) is 0 Å². The zero-order chi connectivity index (χ0) is 20.1. The summed E-state index contributed by atoms with van der Waals surface area (Å²) in [7, 11) is 0. The lowest BCUT2D eigenvalue weighted by Crippen LogP contribution is -2.31. The number of imidazole rings is 1. The van der Waals surface area contributed by atoms with Gasteiger partial charge in [0.25, 0.3) is 0 Å². The molecule has 0 amide bonds. The molecule has 2 aliphatic rings. The molecule has 0 atom stereocenters. The van der Waals surface area contributed by atoms with Gasteiger partial charge in [0.15, 0.2) is 0 Å². The molecule has 148 valence electrons. The van der Waals surface area contributed by atoms with Crippen LogP contribution in [0.3, 0.4) is 0 Å². The molecule has 4 aromatic rings. The van der Waals surface area contributed by atoms with Gasteiger partial charge in [-0.25, -0.2) is 9.78 Å². The average molecular weight is 396 g/mol. The molecule has 6 heteroatoms. The number of carbonyl (C=O) groups is 1. The van der Waals surface area contributed by atoms with Crippen molar-refractivity contribution in [3.05, 3.63) is 78.0 Å². The fourth-order valence-electron chi connectivity index (χ4n) is 4.85. The molecule has 30 heavy (non-hydrogen) atoms. The summed E-state index contributed by atoms with van der Waals surface area (Å²) in [6.07, 6.45) is 8.65. The minimum atomic E-state index is -0.523. The van der Waals surface area contributed by atoms with Gasteiger partial charge in [-0.05, 0) is 37.8 Å². The van der Waals surface area contributed by atoms with Gasteiger partial charge in [-0.15, -0.1) is 0 Å². The highest BCUT2D eigenvalue weighted by Crippen LogP contribution is 2.49. The van der Waals surface area contributed by atoms with Crippen LogP contribution >= 0.6 is 0 Å². The molecule has 0 unspecified atom stereocenters. The minimum Gasteiger partial charge on any atom is -0.450 e. The largest absolute Gasteiger partial charge is 0.450 e. The first kappa shape index (κ1) is 17.3. The number of benzene rings is 1. The molecule has 6 rings (SSSR count). The lowest BCUT2D eigenvalue weighted by Gasteiger charge is -2.35. The van der Waals surface area contributed by atoms with Crippen LogP contribution in [0.2, 0.25) is 0 Å². The topological polar surface area (TPSA) is 80.8 Å². The lowest BCUT2D eigenvalue weighted by atomic mass is 9.75. The zero-order valence-electron chi connectivity index (χ0n) is 16.3. The van der Waals surface area contributed by atoms with Crippen LogP contribution in [0.5, 0.6) is 0 Å². The number of nitrogens with one attached hydrogen (secondary N) is 1. The number of nitrogens with zero attached hydrogens (tertiary/aromatic N) is 3. The van der Waals surface area contributed by atoms with E-state index in [1.807, 2.05) is 24.4 Å². The maximum Gasteiger partial charge on any atom is 0.339 e. The second-order valence-electron chi connectivity index (χ2n) is 8.15. The number of hydrogen-bond donors (Lipinski definition) is 1. The summed E-state index contributed by atoms with van der Waals surface area (Å²) in [6, 6.07) is 14.0. The van der Waals surface area contributed by atoms with Crippen molar-refractivity contribution in [2.45, 2.75) is 37.2 Å². The number of carbonyl (C=O) groups excluding carboxylic acids is 1. The molecule has 3 aromatic heterocycles. The van der Waals surface area contributed by atoms with Crippen LogP contribution in [0.1, 0.15) is 53.3 Å². The molecule has 6 nitrogen and oxygen atoms in total. The van der Waals surface area contributed by atoms with Gasteiger partial charge in [0, 0.05) is 29.4 Å². The molecular weight excluding hydrogens is 376 g/mol. The second-order valence-corrected chi connectivity index (χ2v) is 8.15. The van der Waals surface area contributed by atoms with Gasteiger partial charge in [0.1, 0.15) is 16.9 Å². The number of aromatic nitrogens is 4. The standard InChI is InChI=1S/C24H20N4O2/c29-23-17-8-11-25-13-18(17)24(30-23)9-6-16(7-10-24)22-27-20-12-19(26-14-21(20)28-22)15-4-2-1-3-5-15/h1-5,8,11-14,16H,6-7,9-10H2,(H,27,28)/t16-,24-. The number of aromatic amines is 1. The number of fused-ring (bicyclic) bond motifs is 3. The Kier molecular flexibility index (Phi) is 3.75. The summed E-state index contributed by atoms with van der Waals surface area (Å²) in [5.41, 5.74) is 4.98. The molecule has 1 aromatic carbocycles. The Bertz CT molecular complexity index is 1260. The van der Waals surface area contributed by atoms with Crippen molar-refractivity contribution in [2.24, 2.45) is 0 Å². The van der Waals surface area contributed by atoms with E-state index in [4.69, 9.17) is 9.72 Å². The summed E-state index contributed by atoms with van der Waals surface area (Å²) < 4.78 is 5.85. The van der Waals surface area contributed by atoms with Crippen LogP contribution in [-0.4, -0.2) is 25.9 Å². The van der Waals surface area contributed by atoms with E-state index in [0.29, 0.717) is 11.5 Å². The molecule has 1 aliphatic heterocycles. The summed E-state index contributed by atoms with van der Waals surface area (Å²) >= 11 is 0. The quantitative estimate of drug-likeness (QED) is 0.495. The van der Waals surface area contributed by atoms with Crippen LogP contribution in [0, 0.1) is 0 Å². The van der Waals surface area contributed by atoms with E-state index < -0.39 is 5.60 Å². The number of pyridine rings is 2. The Labute approximate surface area is 173 Å². The van der Waals surface area contributed by atoms with Crippen LogP contribution in [-0.2, 0) is 10.3 Å². The van der Waals surface area contributed by atoms with Crippen molar-refractivity contribution >= 4 is 17.0 Å². The van der Waals surface area contributed by atoms with Crippen LogP contribution in [0.4, 0.5) is 0 Å². The molecule has 1 saturated carbocycles. The Balaban J connectivity index is 1.26. The van der Waals surface area contributed by atoms with Gasteiger partial charge in [0.2, 0.25) is 0 Å². The first-order chi connectivity index (χ1) is 14.7. The third kappa shape index (κ3) is 2.64. The third-order valence-electron chi connectivity index (χ3n) is 6.46. The number of rotatable bonds is 2. The Hall–Kier alpha value is -3.54. The number of hydrogen-bond acceptors (Lipinski definition) is 5. The Morgan fingerprint density at radius 3 is 2.73 bits per heavy atom. The second kappa shape index (κ2) is 6.49. The maximum atomic E-state index is 12.3. The van der Waals surface area contributed by atoms with Crippen molar-refractivity contribution in [1.82, 2.24) is 19.9 Å². The molecule has 1 spiro atoms. The monoisotopic (exact) mass is 396 g/mol. The summed E-state index contributed by atoms with van der Waals surface area (Å²) in [5.74, 6) is 1.07. The van der Waals surface area contributed by atoms with Gasteiger partial charge in [-0.1, -0.05) is 30.3 Å². The molecule has 1 N–H and O–H groups in total. The zero-order valence-corrected chi connectivity index (χ0v) is 16.3. The van der Waals surface area contributed by atoms with E-state index in [-0.39, 0.29) is 5.97 Å². The molecule has 0 radical (unpaired) electrons. The predicted molar refractivity (Wildman–Crippen MR) is 112 cm³/mol. The van der Waals surface area contributed by atoms with E-state index in [1.54, 1.807) is 18.5 Å². The summed E-state index contributed by atoms with van der Waals surface area (Å²) in [4.78, 5) is 29.4. The van der Waals surface area contributed by atoms with E-state index >= 15 is 0 Å².